The van der Waals surface area contributed by atoms with Crippen LogP contribution in [-0.4, -0.2) is 36.4 Å². The molecule has 1 heterocycles. The van der Waals surface area contributed by atoms with Crippen molar-refractivity contribution in [1.82, 2.24) is 9.97 Å². The topological polar surface area (TPSA) is 72.0 Å². The molecule has 1 aromatic rings. The maximum Gasteiger partial charge on any atom is 0.222 e. The van der Waals surface area contributed by atoms with Gasteiger partial charge < -0.3 is 5.32 Å². The lowest BCUT2D eigenvalue weighted by Gasteiger charge is -2.07. The van der Waals surface area contributed by atoms with Crippen LogP contribution < -0.4 is 5.32 Å². The fraction of sp³-hybridized carbons (Fsp3) is 0.600. The van der Waals surface area contributed by atoms with Gasteiger partial charge >= 0.3 is 0 Å². The summed E-state index contributed by atoms with van der Waals surface area (Å²) in [6.07, 6.45) is 3.22. The molecular weight excluding hydrogens is 226 g/mol. The smallest absolute Gasteiger partial charge is 0.222 e. The molecule has 0 saturated heterocycles. The number of anilines is 1. The average Bonchev–Trinajstić information content (AvgIpc) is 2.16. The Morgan fingerprint density at radius 3 is 2.50 bits per heavy atom. The SMILES string of the molecule is CC(C)CS(=O)(=O)CCNc1ncccn1. The molecule has 16 heavy (non-hydrogen) atoms. The number of nitrogens with zero attached hydrogens (tertiary/aromatic N) is 2. The van der Waals surface area contributed by atoms with Gasteiger partial charge in [0.05, 0.1) is 11.5 Å². The molecule has 0 aromatic carbocycles. The van der Waals surface area contributed by atoms with E-state index >= 15 is 0 Å². The van der Waals surface area contributed by atoms with Crippen molar-refractivity contribution in [2.24, 2.45) is 5.92 Å². The van der Waals surface area contributed by atoms with Gasteiger partial charge in [-0.3, -0.25) is 0 Å². The lowest BCUT2D eigenvalue weighted by molar-refractivity contribution is 0.582. The quantitative estimate of drug-likeness (QED) is 0.805. The molecule has 90 valence electrons. The predicted molar refractivity (Wildman–Crippen MR) is 64.0 cm³/mol. The lowest BCUT2D eigenvalue weighted by atomic mass is 10.3. The van der Waals surface area contributed by atoms with Crippen molar-refractivity contribution in [1.29, 1.82) is 0 Å². The highest BCUT2D eigenvalue weighted by Gasteiger charge is 2.12. The lowest BCUT2D eigenvalue weighted by Crippen LogP contribution is -2.21. The summed E-state index contributed by atoms with van der Waals surface area (Å²) in [6, 6.07) is 1.71. The summed E-state index contributed by atoms with van der Waals surface area (Å²) in [4.78, 5) is 7.88. The van der Waals surface area contributed by atoms with Crippen molar-refractivity contribution in [3.05, 3.63) is 18.5 Å². The van der Waals surface area contributed by atoms with Crippen molar-refractivity contribution in [3.63, 3.8) is 0 Å². The minimum Gasteiger partial charge on any atom is -0.353 e. The van der Waals surface area contributed by atoms with E-state index in [4.69, 9.17) is 0 Å². The van der Waals surface area contributed by atoms with Crippen LogP contribution in [0.1, 0.15) is 13.8 Å². The fourth-order valence-electron chi connectivity index (χ4n) is 1.30. The molecule has 0 unspecified atom stereocenters. The molecule has 0 aliphatic heterocycles. The predicted octanol–water partition coefficient (Wildman–Crippen LogP) is 0.959. The minimum absolute atomic E-state index is 0.115. The molecular formula is C10H17N3O2S. The number of nitrogens with one attached hydrogen (secondary N) is 1. The highest BCUT2D eigenvalue weighted by molar-refractivity contribution is 7.91. The van der Waals surface area contributed by atoms with Crippen LogP contribution in [0.2, 0.25) is 0 Å². The van der Waals surface area contributed by atoms with Gasteiger partial charge in [-0.2, -0.15) is 0 Å². The molecule has 0 spiro atoms. The second-order valence-corrected chi connectivity index (χ2v) is 6.24. The monoisotopic (exact) mass is 243 g/mol. The number of hydrogen-bond donors (Lipinski definition) is 1. The summed E-state index contributed by atoms with van der Waals surface area (Å²) in [5, 5.41) is 2.87. The zero-order valence-electron chi connectivity index (χ0n) is 9.55. The molecule has 0 fully saturated rings. The first-order valence-corrected chi connectivity index (χ1v) is 7.03. The Labute approximate surface area is 96.2 Å². The zero-order valence-corrected chi connectivity index (χ0v) is 10.4. The van der Waals surface area contributed by atoms with Crippen LogP contribution in [-0.2, 0) is 9.84 Å². The van der Waals surface area contributed by atoms with E-state index in [1.165, 1.54) is 0 Å². The largest absolute Gasteiger partial charge is 0.353 e. The van der Waals surface area contributed by atoms with E-state index in [1.54, 1.807) is 18.5 Å². The van der Waals surface area contributed by atoms with Gasteiger partial charge in [0.25, 0.3) is 0 Å². The Morgan fingerprint density at radius 1 is 1.31 bits per heavy atom. The van der Waals surface area contributed by atoms with Crippen LogP contribution in [0.5, 0.6) is 0 Å². The summed E-state index contributed by atoms with van der Waals surface area (Å²) in [5.74, 6) is 0.966. The maximum absolute atomic E-state index is 11.6. The Balaban J connectivity index is 2.36. The molecule has 1 N–H and O–H groups in total. The molecule has 1 aromatic heterocycles. The van der Waals surface area contributed by atoms with Crippen LogP contribution in [0, 0.1) is 5.92 Å². The molecule has 6 heteroatoms. The summed E-state index contributed by atoms with van der Waals surface area (Å²) in [6.45, 7) is 4.13. The second-order valence-electron chi connectivity index (χ2n) is 4.01. The Morgan fingerprint density at radius 2 is 1.94 bits per heavy atom. The second kappa shape index (κ2) is 5.79. The summed E-state index contributed by atoms with van der Waals surface area (Å²) < 4.78 is 23.1. The van der Waals surface area contributed by atoms with Gasteiger partial charge in [0, 0.05) is 18.9 Å². The normalized spacial score (nSPS) is 11.7. The number of aromatic nitrogens is 2. The molecule has 0 bridgehead atoms. The molecule has 1 rings (SSSR count). The van der Waals surface area contributed by atoms with Crippen molar-refractivity contribution in [3.8, 4) is 0 Å². The van der Waals surface area contributed by atoms with Gasteiger partial charge in [0.1, 0.15) is 0 Å². The van der Waals surface area contributed by atoms with Gasteiger partial charge in [-0.25, -0.2) is 18.4 Å². The molecule has 0 amide bonds. The van der Waals surface area contributed by atoms with E-state index in [0.29, 0.717) is 12.5 Å². The van der Waals surface area contributed by atoms with Crippen LogP contribution in [0.3, 0.4) is 0 Å². The van der Waals surface area contributed by atoms with Crippen molar-refractivity contribution in [2.75, 3.05) is 23.4 Å². The minimum atomic E-state index is -2.97. The summed E-state index contributed by atoms with van der Waals surface area (Å²) in [5.41, 5.74) is 0. The van der Waals surface area contributed by atoms with Crippen LogP contribution in [0.4, 0.5) is 5.95 Å². The van der Waals surface area contributed by atoms with Crippen LogP contribution >= 0.6 is 0 Å². The highest BCUT2D eigenvalue weighted by atomic mass is 32.2. The molecule has 0 radical (unpaired) electrons. The van der Waals surface area contributed by atoms with E-state index < -0.39 is 9.84 Å². The first kappa shape index (κ1) is 12.9. The van der Waals surface area contributed by atoms with E-state index in [1.807, 2.05) is 13.8 Å². The van der Waals surface area contributed by atoms with Gasteiger partial charge in [-0.1, -0.05) is 13.8 Å². The maximum atomic E-state index is 11.6. The first-order valence-electron chi connectivity index (χ1n) is 5.21. The highest BCUT2D eigenvalue weighted by Crippen LogP contribution is 2.01. The number of hydrogen-bond acceptors (Lipinski definition) is 5. The first-order chi connectivity index (χ1) is 7.49. The Hall–Kier alpha value is -1.17. The van der Waals surface area contributed by atoms with Gasteiger partial charge in [0.2, 0.25) is 5.95 Å². The van der Waals surface area contributed by atoms with E-state index in [9.17, 15) is 8.42 Å². The standard InChI is InChI=1S/C10H17N3O2S/c1-9(2)8-16(14,15)7-6-13-10-11-4-3-5-12-10/h3-5,9H,6-8H2,1-2H3,(H,11,12,13). The molecule has 5 nitrogen and oxygen atoms in total. The zero-order chi connectivity index (χ0) is 12.0. The molecule has 0 aliphatic carbocycles. The van der Waals surface area contributed by atoms with E-state index in [2.05, 4.69) is 15.3 Å². The molecule has 0 aliphatic rings. The van der Waals surface area contributed by atoms with E-state index in [-0.39, 0.29) is 17.4 Å². The fourth-order valence-corrected chi connectivity index (χ4v) is 2.90. The van der Waals surface area contributed by atoms with Crippen molar-refractivity contribution < 1.29 is 8.42 Å². The molecule has 0 atom stereocenters. The summed E-state index contributed by atoms with van der Waals surface area (Å²) >= 11 is 0. The summed E-state index contributed by atoms with van der Waals surface area (Å²) in [7, 11) is -2.97. The average molecular weight is 243 g/mol. The van der Waals surface area contributed by atoms with Crippen molar-refractivity contribution >= 4 is 15.8 Å². The third-order valence-corrected chi connectivity index (χ3v) is 3.85. The van der Waals surface area contributed by atoms with E-state index in [0.717, 1.165) is 0 Å². The Kier molecular flexibility index (Phi) is 4.67. The third kappa shape index (κ3) is 5.06. The van der Waals surface area contributed by atoms with Crippen LogP contribution in [0.15, 0.2) is 18.5 Å². The number of rotatable bonds is 6. The van der Waals surface area contributed by atoms with Gasteiger partial charge in [-0.15, -0.1) is 0 Å². The van der Waals surface area contributed by atoms with Gasteiger partial charge in [0.15, 0.2) is 9.84 Å². The third-order valence-electron chi connectivity index (χ3n) is 1.85. The van der Waals surface area contributed by atoms with Crippen LogP contribution in [0.25, 0.3) is 0 Å². The molecule has 0 saturated carbocycles. The van der Waals surface area contributed by atoms with Crippen molar-refractivity contribution in [2.45, 2.75) is 13.8 Å². The van der Waals surface area contributed by atoms with Gasteiger partial charge in [-0.05, 0) is 12.0 Å². The Bertz CT molecular complexity index is 403. The number of sulfone groups is 1.